The summed E-state index contributed by atoms with van der Waals surface area (Å²) in [6, 6.07) is 13.0. The number of benzene rings is 2. The second kappa shape index (κ2) is 9.20. The first-order valence-electron chi connectivity index (χ1n) is 8.65. The lowest BCUT2D eigenvalue weighted by molar-refractivity contribution is -0.122. The molecule has 8 nitrogen and oxygen atoms in total. The molecule has 0 atom stereocenters. The maximum Gasteiger partial charge on any atom is 0.243 e. The third-order valence-corrected chi connectivity index (χ3v) is 4.82. The van der Waals surface area contributed by atoms with Crippen molar-refractivity contribution in [3.05, 3.63) is 59.9 Å². The molecular formula is C19H19FN6O2S. The Bertz CT molecular complexity index is 1000. The third-order valence-electron chi connectivity index (χ3n) is 3.88. The number of carbonyl (C=O) groups excluding carboxylic acids is 2. The van der Waals surface area contributed by atoms with Gasteiger partial charge in [0.2, 0.25) is 17.0 Å². The number of nitrogens with zero attached hydrogens (tertiary/aromatic N) is 3. The Morgan fingerprint density at radius 3 is 2.45 bits per heavy atom. The molecule has 4 N–H and O–H groups in total. The molecule has 0 saturated carbocycles. The minimum atomic E-state index is -0.418. The van der Waals surface area contributed by atoms with E-state index in [2.05, 4.69) is 20.8 Å². The van der Waals surface area contributed by atoms with E-state index in [0.717, 1.165) is 22.9 Å². The van der Waals surface area contributed by atoms with Crippen LogP contribution in [0.2, 0.25) is 0 Å². The first-order valence-corrected chi connectivity index (χ1v) is 9.63. The van der Waals surface area contributed by atoms with Crippen molar-refractivity contribution in [2.45, 2.75) is 12.1 Å². The number of hydrogen-bond donors (Lipinski definition) is 3. The fourth-order valence-corrected chi connectivity index (χ4v) is 3.06. The molecule has 1 aromatic heterocycles. The molecule has 2 aromatic carbocycles. The van der Waals surface area contributed by atoms with Crippen molar-refractivity contribution in [3.63, 3.8) is 0 Å². The number of amides is 2. The molecule has 0 aliphatic heterocycles. The van der Waals surface area contributed by atoms with Crippen molar-refractivity contribution in [2.24, 2.45) is 0 Å². The molecular weight excluding hydrogens is 395 g/mol. The van der Waals surface area contributed by atoms with Crippen molar-refractivity contribution in [3.8, 4) is 11.4 Å². The molecule has 0 unspecified atom stereocenters. The van der Waals surface area contributed by atoms with E-state index in [9.17, 15) is 14.0 Å². The Kier molecular flexibility index (Phi) is 6.45. The number of rotatable bonds is 7. The monoisotopic (exact) mass is 414 g/mol. The van der Waals surface area contributed by atoms with E-state index in [1.807, 2.05) is 31.2 Å². The maximum atomic E-state index is 12.9. The number of aryl methyl sites for hydroxylation is 1. The van der Waals surface area contributed by atoms with Crippen LogP contribution < -0.4 is 16.5 Å². The van der Waals surface area contributed by atoms with Gasteiger partial charge in [0.1, 0.15) is 5.82 Å². The number of hydrogen-bond acceptors (Lipinski definition) is 6. The lowest BCUT2D eigenvalue weighted by Gasteiger charge is -2.07. The highest BCUT2D eigenvalue weighted by Gasteiger charge is 2.14. The topological polar surface area (TPSA) is 115 Å². The predicted molar refractivity (Wildman–Crippen MR) is 109 cm³/mol. The largest absolute Gasteiger partial charge is 0.346 e. The summed E-state index contributed by atoms with van der Waals surface area (Å²) in [5, 5.41) is 13.5. The summed E-state index contributed by atoms with van der Waals surface area (Å²) in [5.74, 6) is 5.37. The molecule has 2 amide bonds. The van der Waals surface area contributed by atoms with Gasteiger partial charge in [-0.3, -0.25) is 9.59 Å². The Labute approximate surface area is 170 Å². The molecule has 0 aliphatic carbocycles. The number of carbonyl (C=O) groups is 2. The first kappa shape index (κ1) is 20.3. The van der Waals surface area contributed by atoms with E-state index >= 15 is 0 Å². The Balaban J connectivity index is 1.47. The van der Waals surface area contributed by atoms with Crippen molar-refractivity contribution in [1.82, 2.24) is 20.2 Å². The van der Waals surface area contributed by atoms with Crippen LogP contribution in [0.1, 0.15) is 5.56 Å². The van der Waals surface area contributed by atoms with E-state index in [0.29, 0.717) is 16.7 Å². The van der Waals surface area contributed by atoms with Gasteiger partial charge >= 0.3 is 0 Å². The highest BCUT2D eigenvalue weighted by atomic mass is 32.2. The van der Waals surface area contributed by atoms with Gasteiger partial charge in [-0.2, -0.15) is 0 Å². The summed E-state index contributed by atoms with van der Waals surface area (Å²) in [6.07, 6.45) is 0. The van der Waals surface area contributed by atoms with E-state index in [-0.39, 0.29) is 18.2 Å². The second-order valence-corrected chi connectivity index (χ2v) is 7.11. The van der Waals surface area contributed by atoms with Crippen LogP contribution in [0.4, 0.5) is 10.1 Å². The lowest BCUT2D eigenvalue weighted by Crippen LogP contribution is -2.34. The van der Waals surface area contributed by atoms with E-state index < -0.39 is 11.7 Å². The Hall–Kier alpha value is -3.40. The van der Waals surface area contributed by atoms with Crippen LogP contribution in [0.3, 0.4) is 0 Å². The van der Waals surface area contributed by atoms with Crippen molar-refractivity contribution in [2.75, 3.05) is 23.5 Å². The number of thioether (sulfide) groups is 1. The molecule has 150 valence electrons. The molecule has 3 aromatic rings. The molecule has 3 rings (SSSR count). The van der Waals surface area contributed by atoms with Crippen LogP contribution in [0.25, 0.3) is 11.4 Å². The van der Waals surface area contributed by atoms with Crippen LogP contribution in [0.15, 0.2) is 53.7 Å². The lowest BCUT2D eigenvalue weighted by atomic mass is 10.1. The molecule has 0 saturated heterocycles. The molecule has 0 aliphatic rings. The van der Waals surface area contributed by atoms with Gasteiger partial charge < -0.3 is 16.5 Å². The molecule has 10 heteroatoms. The quantitative estimate of drug-likeness (QED) is 0.402. The number of halogens is 1. The molecule has 0 bridgehead atoms. The van der Waals surface area contributed by atoms with Crippen molar-refractivity contribution < 1.29 is 14.0 Å². The van der Waals surface area contributed by atoms with Crippen LogP contribution in [0.5, 0.6) is 0 Å². The molecule has 1 heterocycles. The van der Waals surface area contributed by atoms with Gasteiger partial charge in [0, 0.05) is 11.3 Å². The Morgan fingerprint density at radius 1 is 1.07 bits per heavy atom. The van der Waals surface area contributed by atoms with Gasteiger partial charge in [0.25, 0.3) is 0 Å². The molecule has 29 heavy (non-hydrogen) atoms. The van der Waals surface area contributed by atoms with Crippen LogP contribution in [-0.4, -0.2) is 39.0 Å². The zero-order chi connectivity index (χ0) is 20.8. The summed E-state index contributed by atoms with van der Waals surface area (Å²) in [4.78, 5) is 23.8. The normalized spacial score (nSPS) is 10.6. The van der Waals surface area contributed by atoms with Crippen molar-refractivity contribution in [1.29, 1.82) is 0 Å². The van der Waals surface area contributed by atoms with Gasteiger partial charge in [-0.25, -0.2) is 9.07 Å². The Morgan fingerprint density at radius 2 is 1.76 bits per heavy atom. The number of aromatic nitrogens is 3. The van der Waals surface area contributed by atoms with Gasteiger partial charge in [-0.05, 0) is 31.2 Å². The second-order valence-electron chi connectivity index (χ2n) is 6.16. The summed E-state index contributed by atoms with van der Waals surface area (Å²) in [7, 11) is 0. The average molecular weight is 414 g/mol. The van der Waals surface area contributed by atoms with E-state index in [1.165, 1.54) is 28.9 Å². The summed E-state index contributed by atoms with van der Waals surface area (Å²) >= 11 is 1.11. The minimum absolute atomic E-state index is 0.0209. The average Bonchev–Trinajstić information content (AvgIpc) is 3.07. The molecule has 0 fully saturated rings. The van der Waals surface area contributed by atoms with Gasteiger partial charge in [0.15, 0.2) is 5.82 Å². The SMILES string of the molecule is Cc1ccc(-c2nnc(SCC(=O)NCC(=O)Nc3ccc(F)cc3)n2N)cc1. The van der Waals surface area contributed by atoms with Crippen LogP contribution in [0, 0.1) is 12.7 Å². The van der Waals surface area contributed by atoms with Crippen LogP contribution >= 0.6 is 11.8 Å². The smallest absolute Gasteiger partial charge is 0.243 e. The summed E-state index contributed by atoms with van der Waals surface area (Å²) in [6.45, 7) is 1.78. The fourth-order valence-electron chi connectivity index (χ4n) is 2.37. The first-order chi connectivity index (χ1) is 13.9. The zero-order valence-corrected chi connectivity index (χ0v) is 16.4. The highest BCUT2D eigenvalue weighted by Crippen LogP contribution is 2.21. The zero-order valence-electron chi connectivity index (χ0n) is 15.6. The van der Waals surface area contributed by atoms with Gasteiger partial charge in [-0.15, -0.1) is 10.2 Å². The number of nitrogens with two attached hydrogens (primary N) is 1. The number of anilines is 1. The highest BCUT2D eigenvalue weighted by molar-refractivity contribution is 7.99. The van der Waals surface area contributed by atoms with E-state index in [1.54, 1.807) is 0 Å². The fraction of sp³-hybridized carbons (Fsp3) is 0.158. The maximum absolute atomic E-state index is 12.9. The summed E-state index contributed by atoms with van der Waals surface area (Å²) in [5.41, 5.74) is 2.38. The van der Waals surface area contributed by atoms with E-state index in [4.69, 9.17) is 5.84 Å². The van der Waals surface area contributed by atoms with Crippen molar-refractivity contribution >= 4 is 29.3 Å². The standard InChI is InChI=1S/C19H19FN6O2S/c1-12-2-4-13(5-3-12)18-24-25-19(26(18)21)29-11-17(28)22-10-16(27)23-15-8-6-14(20)7-9-15/h2-9H,10-11,21H2,1H3,(H,22,28)(H,23,27). The van der Waals surface area contributed by atoms with Crippen LogP contribution in [-0.2, 0) is 9.59 Å². The summed E-state index contributed by atoms with van der Waals surface area (Å²) < 4.78 is 14.2. The van der Waals surface area contributed by atoms with Gasteiger partial charge in [0.05, 0.1) is 12.3 Å². The number of nitrogens with one attached hydrogen (secondary N) is 2. The molecule has 0 spiro atoms. The minimum Gasteiger partial charge on any atom is -0.346 e. The predicted octanol–water partition coefficient (Wildman–Crippen LogP) is 1.95. The molecule has 0 radical (unpaired) electrons. The van der Waals surface area contributed by atoms with Gasteiger partial charge in [-0.1, -0.05) is 41.6 Å². The number of nitrogen functional groups attached to an aromatic ring is 1. The third kappa shape index (κ3) is 5.55.